The molecule has 0 spiro atoms. The quantitative estimate of drug-likeness (QED) is 0.210. The molecular weight excluding hydrogens is 542 g/mol. The average molecular weight is 571 g/mol. The van der Waals surface area contributed by atoms with Gasteiger partial charge in [0.2, 0.25) is 0 Å². The Kier molecular flexibility index (Phi) is 8.64. The molecule has 1 aliphatic rings. The van der Waals surface area contributed by atoms with E-state index in [1.807, 2.05) is 0 Å². The first-order valence-electron chi connectivity index (χ1n) is 12.9. The van der Waals surface area contributed by atoms with Crippen molar-refractivity contribution in [2.24, 2.45) is 0 Å². The molecule has 13 nitrogen and oxygen atoms in total. The molecule has 15 heteroatoms. The number of amides is 3. The standard InChI is InChI=1S/C26H28F2N8O5/c1-15-20(35-41-34-15)14-32-25(37)17-13-31-24-22(17)21(3-5-29-24)40-23-18(27)11-16(12-19(23)28)33-26(38)30-4-2-6-36-7-9-39-10-8-36/h3,5,11-13H,2,4,6-10,14H2,1H3,(H,29,31)(H,32,37)(H2,30,33,38). The number of hydrogen-bond donors (Lipinski definition) is 4. The Bertz CT molecular complexity index is 1510. The third-order valence-corrected chi connectivity index (χ3v) is 6.45. The summed E-state index contributed by atoms with van der Waals surface area (Å²) in [5.41, 5.74) is 1.31. The lowest BCUT2D eigenvalue weighted by Gasteiger charge is -2.26. The van der Waals surface area contributed by atoms with E-state index in [1.165, 1.54) is 18.5 Å². The topological polar surface area (TPSA) is 160 Å². The molecule has 0 atom stereocenters. The van der Waals surface area contributed by atoms with Crippen LogP contribution in [0.1, 0.15) is 28.2 Å². The first-order chi connectivity index (χ1) is 19.9. The van der Waals surface area contributed by atoms with Crippen LogP contribution >= 0.6 is 0 Å². The van der Waals surface area contributed by atoms with Crippen LogP contribution in [0.3, 0.4) is 0 Å². The summed E-state index contributed by atoms with van der Waals surface area (Å²) in [6.07, 6.45) is 3.50. The molecule has 0 radical (unpaired) electrons. The minimum atomic E-state index is -1.05. The van der Waals surface area contributed by atoms with Crippen LogP contribution in [0.5, 0.6) is 11.5 Å². The monoisotopic (exact) mass is 570 g/mol. The van der Waals surface area contributed by atoms with Crippen LogP contribution in [0, 0.1) is 18.6 Å². The minimum absolute atomic E-state index is 0.00259. The lowest BCUT2D eigenvalue weighted by Crippen LogP contribution is -2.38. The van der Waals surface area contributed by atoms with Crippen molar-refractivity contribution in [3.05, 3.63) is 59.2 Å². The van der Waals surface area contributed by atoms with Crippen LogP contribution in [0.4, 0.5) is 19.3 Å². The van der Waals surface area contributed by atoms with E-state index in [1.54, 1.807) is 6.92 Å². The summed E-state index contributed by atoms with van der Waals surface area (Å²) < 4.78 is 45.5. The Morgan fingerprint density at radius 2 is 1.93 bits per heavy atom. The molecule has 1 saturated heterocycles. The molecule has 3 aromatic heterocycles. The Balaban J connectivity index is 1.23. The van der Waals surface area contributed by atoms with Crippen LogP contribution < -0.4 is 20.7 Å². The number of aromatic nitrogens is 4. The fourth-order valence-electron chi connectivity index (χ4n) is 4.30. The van der Waals surface area contributed by atoms with Crippen LogP contribution in [-0.4, -0.2) is 76.5 Å². The minimum Gasteiger partial charge on any atom is -0.450 e. The molecule has 0 aliphatic carbocycles. The number of H-pyrrole nitrogens is 1. The Labute approximate surface area is 232 Å². The highest BCUT2D eigenvalue weighted by molar-refractivity contribution is 6.08. The number of fused-ring (bicyclic) bond motifs is 1. The highest BCUT2D eigenvalue weighted by Gasteiger charge is 2.21. The SMILES string of the molecule is Cc1nonc1CNC(=O)c1c[nH]c2nccc(Oc3c(F)cc(NC(=O)NCCCN4CCOCC4)cc3F)c12. The number of pyridine rings is 1. The number of halogens is 2. The number of hydrogen-bond acceptors (Lipinski definition) is 9. The molecule has 4 N–H and O–H groups in total. The van der Waals surface area contributed by atoms with E-state index in [0.29, 0.717) is 31.1 Å². The summed E-state index contributed by atoms with van der Waals surface area (Å²) in [7, 11) is 0. The van der Waals surface area contributed by atoms with Crippen LogP contribution in [0.15, 0.2) is 35.2 Å². The number of benzene rings is 1. The van der Waals surface area contributed by atoms with Gasteiger partial charge in [0.05, 0.1) is 30.7 Å². The molecule has 216 valence electrons. The zero-order chi connectivity index (χ0) is 28.8. The lowest BCUT2D eigenvalue weighted by molar-refractivity contribution is 0.0375. The fraction of sp³-hybridized carbons (Fsp3) is 0.346. The van der Waals surface area contributed by atoms with E-state index < -0.39 is 29.3 Å². The molecule has 0 bridgehead atoms. The number of carbonyl (C=O) groups is 2. The zero-order valence-electron chi connectivity index (χ0n) is 22.1. The van der Waals surface area contributed by atoms with Crippen molar-refractivity contribution in [2.75, 3.05) is 44.7 Å². The second-order valence-corrected chi connectivity index (χ2v) is 9.27. The van der Waals surface area contributed by atoms with Crippen molar-refractivity contribution in [1.29, 1.82) is 0 Å². The maximum absolute atomic E-state index is 15.0. The van der Waals surface area contributed by atoms with Crippen molar-refractivity contribution in [1.82, 2.24) is 35.8 Å². The third-order valence-electron chi connectivity index (χ3n) is 6.45. The van der Waals surface area contributed by atoms with Gasteiger partial charge in [-0.3, -0.25) is 9.69 Å². The average Bonchev–Trinajstić information content (AvgIpc) is 3.59. The molecule has 4 aromatic rings. The normalized spacial score (nSPS) is 13.7. The lowest BCUT2D eigenvalue weighted by atomic mass is 10.2. The molecule has 0 saturated carbocycles. The van der Waals surface area contributed by atoms with Gasteiger partial charge in [0.15, 0.2) is 17.4 Å². The molecular formula is C26H28F2N8O5. The van der Waals surface area contributed by atoms with Gasteiger partial charge in [-0.2, -0.15) is 0 Å². The molecule has 1 aromatic carbocycles. The first kappa shape index (κ1) is 27.9. The zero-order valence-corrected chi connectivity index (χ0v) is 22.1. The predicted octanol–water partition coefficient (Wildman–Crippen LogP) is 3.10. The highest BCUT2D eigenvalue weighted by atomic mass is 19.1. The van der Waals surface area contributed by atoms with Gasteiger partial charge in [-0.15, -0.1) is 0 Å². The number of rotatable bonds is 10. The largest absolute Gasteiger partial charge is 0.450 e. The van der Waals surface area contributed by atoms with Gasteiger partial charge in [-0.05, 0) is 26.0 Å². The van der Waals surface area contributed by atoms with Crippen molar-refractivity contribution in [3.63, 3.8) is 0 Å². The van der Waals surface area contributed by atoms with Gasteiger partial charge in [-0.1, -0.05) is 10.3 Å². The summed E-state index contributed by atoms with van der Waals surface area (Å²) in [6.45, 7) is 6.04. The molecule has 3 amide bonds. The van der Waals surface area contributed by atoms with Crippen molar-refractivity contribution in [2.45, 2.75) is 19.9 Å². The number of ether oxygens (including phenoxy) is 2. The molecule has 1 fully saturated rings. The van der Waals surface area contributed by atoms with Crippen molar-refractivity contribution in [3.8, 4) is 11.5 Å². The number of nitrogens with one attached hydrogen (secondary N) is 4. The van der Waals surface area contributed by atoms with E-state index in [-0.39, 0.29) is 34.6 Å². The van der Waals surface area contributed by atoms with Gasteiger partial charge >= 0.3 is 6.03 Å². The van der Waals surface area contributed by atoms with E-state index in [4.69, 9.17) is 9.47 Å². The predicted molar refractivity (Wildman–Crippen MR) is 142 cm³/mol. The Morgan fingerprint density at radius 1 is 1.15 bits per heavy atom. The summed E-state index contributed by atoms with van der Waals surface area (Å²) in [6, 6.07) is 2.69. The fourth-order valence-corrected chi connectivity index (χ4v) is 4.30. The smallest absolute Gasteiger partial charge is 0.319 e. The summed E-state index contributed by atoms with van der Waals surface area (Å²) in [5, 5.41) is 15.4. The summed E-state index contributed by atoms with van der Waals surface area (Å²) >= 11 is 0. The number of nitrogens with zero attached hydrogens (tertiary/aromatic N) is 4. The van der Waals surface area contributed by atoms with Crippen molar-refractivity contribution < 1.29 is 32.5 Å². The first-order valence-corrected chi connectivity index (χ1v) is 12.9. The number of carbonyl (C=O) groups excluding carboxylic acids is 2. The molecule has 0 unspecified atom stereocenters. The van der Waals surface area contributed by atoms with Crippen molar-refractivity contribution >= 4 is 28.7 Å². The van der Waals surface area contributed by atoms with Crippen LogP contribution in [-0.2, 0) is 11.3 Å². The van der Waals surface area contributed by atoms with E-state index in [9.17, 15) is 18.4 Å². The second-order valence-electron chi connectivity index (χ2n) is 9.27. The maximum Gasteiger partial charge on any atom is 0.319 e. The van der Waals surface area contributed by atoms with E-state index >= 15 is 0 Å². The maximum atomic E-state index is 15.0. The molecule has 5 rings (SSSR count). The number of anilines is 1. The van der Waals surface area contributed by atoms with Gasteiger partial charge in [0.1, 0.15) is 22.8 Å². The Morgan fingerprint density at radius 3 is 2.66 bits per heavy atom. The Hall–Kier alpha value is -4.63. The molecule has 1 aliphatic heterocycles. The number of aryl methyl sites for hydroxylation is 1. The van der Waals surface area contributed by atoms with Gasteiger partial charge in [0.25, 0.3) is 5.91 Å². The van der Waals surface area contributed by atoms with Crippen LogP contribution in [0.2, 0.25) is 0 Å². The molecule has 41 heavy (non-hydrogen) atoms. The number of aromatic amines is 1. The number of morpholine rings is 1. The summed E-state index contributed by atoms with van der Waals surface area (Å²) in [4.78, 5) is 34.4. The second kappa shape index (κ2) is 12.7. The van der Waals surface area contributed by atoms with Gasteiger partial charge in [-0.25, -0.2) is 23.2 Å². The van der Waals surface area contributed by atoms with Crippen LogP contribution in [0.25, 0.3) is 11.0 Å². The summed E-state index contributed by atoms with van der Waals surface area (Å²) in [5.74, 6) is -3.31. The third kappa shape index (κ3) is 6.75. The van der Waals surface area contributed by atoms with E-state index in [0.717, 1.165) is 38.2 Å². The van der Waals surface area contributed by atoms with Gasteiger partial charge < -0.3 is 30.4 Å². The molecule has 4 heterocycles. The number of urea groups is 1. The highest BCUT2D eigenvalue weighted by Crippen LogP contribution is 2.35. The van der Waals surface area contributed by atoms with Gasteiger partial charge in [0, 0.05) is 49.8 Å². The van der Waals surface area contributed by atoms with E-state index in [2.05, 4.69) is 45.8 Å².